The van der Waals surface area contributed by atoms with Crippen molar-refractivity contribution in [2.24, 2.45) is 0 Å². The monoisotopic (exact) mass is 333 g/mol. The molecule has 1 aromatic carbocycles. The minimum Gasteiger partial charge on any atom is -0.396 e. The standard InChI is InChI=1S/C20H23N5/c21-18-16-7-4-8-23-20(16)24-17(19(18)22)12-14-5-3-6-15(11-14)13-25-9-1-2-10-25/h3-8,11H,1-2,9-10,12-13,22H2,(H2,21,23,24). The lowest BCUT2D eigenvalue weighted by atomic mass is 10.0. The van der Waals surface area contributed by atoms with Gasteiger partial charge in [0.05, 0.1) is 17.1 Å². The molecule has 3 aromatic rings. The SMILES string of the molecule is Nc1c(Cc2cccc(CN3CCCC3)c2)nc2ncccc2c1N. The number of nitrogens with zero attached hydrogens (tertiary/aromatic N) is 3. The van der Waals surface area contributed by atoms with Crippen molar-refractivity contribution in [3.05, 3.63) is 59.4 Å². The van der Waals surface area contributed by atoms with Gasteiger partial charge < -0.3 is 11.5 Å². The lowest BCUT2D eigenvalue weighted by Gasteiger charge is -2.15. The van der Waals surface area contributed by atoms with E-state index in [1.165, 1.54) is 37.1 Å². The summed E-state index contributed by atoms with van der Waals surface area (Å²) in [5, 5.41) is 0.812. The number of likely N-dealkylation sites (tertiary alicyclic amines) is 1. The van der Waals surface area contributed by atoms with Crippen molar-refractivity contribution in [3.63, 3.8) is 0 Å². The molecule has 0 aliphatic carbocycles. The summed E-state index contributed by atoms with van der Waals surface area (Å²) in [7, 11) is 0. The number of fused-ring (bicyclic) bond motifs is 1. The van der Waals surface area contributed by atoms with Gasteiger partial charge in [-0.05, 0) is 49.2 Å². The highest BCUT2D eigenvalue weighted by Crippen LogP contribution is 2.28. The Morgan fingerprint density at radius 3 is 2.60 bits per heavy atom. The van der Waals surface area contributed by atoms with E-state index in [-0.39, 0.29) is 0 Å². The average Bonchev–Trinajstić information content (AvgIpc) is 3.13. The fraction of sp³-hybridized carbons (Fsp3) is 0.300. The topological polar surface area (TPSA) is 81.1 Å². The molecule has 0 unspecified atom stereocenters. The Bertz CT molecular complexity index is 900. The van der Waals surface area contributed by atoms with Crippen LogP contribution in [0.3, 0.4) is 0 Å². The Hall–Kier alpha value is -2.66. The average molecular weight is 333 g/mol. The predicted octanol–water partition coefficient (Wildman–Crippen LogP) is 2.98. The molecule has 1 aliphatic rings. The molecule has 5 nitrogen and oxygen atoms in total. The number of anilines is 2. The summed E-state index contributed by atoms with van der Waals surface area (Å²) in [6.07, 6.45) is 5.01. The van der Waals surface area contributed by atoms with Crippen LogP contribution in [0.2, 0.25) is 0 Å². The van der Waals surface area contributed by atoms with E-state index in [2.05, 4.69) is 39.1 Å². The molecule has 128 valence electrons. The van der Waals surface area contributed by atoms with Gasteiger partial charge in [0.1, 0.15) is 0 Å². The number of rotatable bonds is 4. The van der Waals surface area contributed by atoms with Gasteiger partial charge in [-0.25, -0.2) is 9.97 Å². The molecule has 2 aromatic heterocycles. The lowest BCUT2D eigenvalue weighted by molar-refractivity contribution is 0.331. The summed E-state index contributed by atoms with van der Waals surface area (Å²) in [5.74, 6) is 0. The van der Waals surface area contributed by atoms with Gasteiger partial charge in [-0.1, -0.05) is 24.3 Å². The molecule has 1 saturated heterocycles. The first kappa shape index (κ1) is 15.8. The van der Waals surface area contributed by atoms with Crippen molar-refractivity contribution in [1.29, 1.82) is 0 Å². The fourth-order valence-corrected chi connectivity index (χ4v) is 3.55. The largest absolute Gasteiger partial charge is 0.396 e. The summed E-state index contributed by atoms with van der Waals surface area (Å²) in [5.41, 5.74) is 17.6. The normalized spacial score (nSPS) is 15.0. The molecule has 25 heavy (non-hydrogen) atoms. The second kappa shape index (κ2) is 6.69. The van der Waals surface area contributed by atoms with Crippen LogP contribution < -0.4 is 11.5 Å². The zero-order valence-electron chi connectivity index (χ0n) is 14.3. The third kappa shape index (κ3) is 3.28. The summed E-state index contributed by atoms with van der Waals surface area (Å²) in [4.78, 5) is 11.5. The summed E-state index contributed by atoms with van der Waals surface area (Å²) < 4.78 is 0. The zero-order chi connectivity index (χ0) is 17.2. The molecule has 0 saturated carbocycles. The smallest absolute Gasteiger partial charge is 0.161 e. The van der Waals surface area contributed by atoms with Crippen LogP contribution in [0, 0.1) is 0 Å². The van der Waals surface area contributed by atoms with Crippen molar-refractivity contribution >= 4 is 22.4 Å². The first-order valence-corrected chi connectivity index (χ1v) is 8.79. The number of hydrogen-bond acceptors (Lipinski definition) is 5. The number of nitrogen functional groups attached to an aromatic ring is 2. The molecule has 0 radical (unpaired) electrons. The van der Waals surface area contributed by atoms with Crippen molar-refractivity contribution in [3.8, 4) is 0 Å². The number of benzene rings is 1. The molecular weight excluding hydrogens is 310 g/mol. The minimum absolute atomic E-state index is 0.561. The lowest BCUT2D eigenvalue weighted by Crippen LogP contribution is -2.18. The van der Waals surface area contributed by atoms with Gasteiger partial charge in [-0.2, -0.15) is 0 Å². The van der Waals surface area contributed by atoms with E-state index >= 15 is 0 Å². The van der Waals surface area contributed by atoms with E-state index in [1.807, 2.05) is 12.1 Å². The van der Waals surface area contributed by atoms with Crippen LogP contribution in [0.15, 0.2) is 42.6 Å². The van der Waals surface area contributed by atoms with Crippen molar-refractivity contribution in [2.45, 2.75) is 25.8 Å². The minimum atomic E-state index is 0.561. The maximum Gasteiger partial charge on any atom is 0.161 e. The van der Waals surface area contributed by atoms with Crippen LogP contribution in [-0.4, -0.2) is 28.0 Å². The van der Waals surface area contributed by atoms with Gasteiger partial charge >= 0.3 is 0 Å². The molecule has 0 amide bonds. The van der Waals surface area contributed by atoms with Crippen LogP contribution in [0.25, 0.3) is 11.0 Å². The highest BCUT2D eigenvalue weighted by Gasteiger charge is 2.14. The Labute approximate surface area is 147 Å². The van der Waals surface area contributed by atoms with Gasteiger partial charge in [0.2, 0.25) is 0 Å². The molecule has 0 atom stereocenters. The Kier molecular flexibility index (Phi) is 4.24. The van der Waals surface area contributed by atoms with Crippen LogP contribution >= 0.6 is 0 Å². The second-order valence-electron chi connectivity index (χ2n) is 6.74. The van der Waals surface area contributed by atoms with Crippen molar-refractivity contribution in [2.75, 3.05) is 24.6 Å². The molecular formula is C20H23N5. The third-order valence-corrected chi connectivity index (χ3v) is 4.89. The molecule has 1 fully saturated rings. The summed E-state index contributed by atoms with van der Waals surface area (Å²) in [6, 6.07) is 12.4. The number of pyridine rings is 2. The molecule has 3 heterocycles. The Morgan fingerprint density at radius 1 is 0.960 bits per heavy atom. The van der Waals surface area contributed by atoms with Gasteiger partial charge in [0, 0.05) is 24.5 Å². The molecule has 1 aliphatic heterocycles. The molecule has 4 rings (SSSR count). The fourth-order valence-electron chi connectivity index (χ4n) is 3.55. The highest BCUT2D eigenvalue weighted by molar-refractivity contribution is 5.94. The van der Waals surface area contributed by atoms with Crippen molar-refractivity contribution < 1.29 is 0 Å². The summed E-state index contributed by atoms with van der Waals surface area (Å²) >= 11 is 0. The second-order valence-corrected chi connectivity index (χ2v) is 6.74. The van der Waals surface area contributed by atoms with E-state index in [9.17, 15) is 0 Å². The van der Waals surface area contributed by atoms with E-state index in [0.29, 0.717) is 23.4 Å². The van der Waals surface area contributed by atoms with Gasteiger partial charge in [-0.15, -0.1) is 0 Å². The zero-order valence-corrected chi connectivity index (χ0v) is 14.3. The van der Waals surface area contributed by atoms with Crippen LogP contribution in [-0.2, 0) is 13.0 Å². The highest BCUT2D eigenvalue weighted by atomic mass is 15.1. The molecule has 4 N–H and O–H groups in total. The third-order valence-electron chi connectivity index (χ3n) is 4.89. The molecule has 0 bridgehead atoms. The van der Waals surface area contributed by atoms with Crippen molar-refractivity contribution in [1.82, 2.24) is 14.9 Å². The number of nitrogens with two attached hydrogens (primary N) is 2. The van der Waals surface area contributed by atoms with Gasteiger partial charge in [-0.3, -0.25) is 4.90 Å². The molecule has 5 heteroatoms. The van der Waals surface area contributed by atoms with Crippen LogP contribution in [0.5, 0.6) is 0 Å². The van der Waals surface area contributed by atoms with Gasteiger partial charge in [0.15, 0.2) is 5.65 Å². The number of hydrogen-bond donors (Lipinski definition) is 2. The first-order valence-electron chi connectivity index (χ1n) is 8.79. The number of aromatic nitrogens is 2. The maximum absolute atomic E-state index is 6.24. The first-order chi connectivity index (χ1) is 12.2. The van der Waals surface area contributed by atoms with E-state index in [1.54, 1.807) is 6.20 Å². The molecule has 0 spiro atoms. The Morgan fingerprint density at radius 2 is 1.76 bits per heavy atom. The van der Waals surface area contributed by atoms with E-state index < -0.39 is 0 Å². The Balaban J connectivity index is 1.61. The van der Waals surface area contributed by atoms with E-state index in [0.717, 1.165) is 17.6 Å². The quantitative estimate of drug-likeness (QED) is 0.767. The van der Waals surface area contributed by atoms with E-state index in [4.69, 9.17) is 11.5 Å². The predicted molar refractivity (Wildman–Crippen MR) is 102 cm³/mol. The van der Waals surface area contributed by atoms with Crippen LogP contribution in [0.4, 0.5) is 11.4 Å². The maximum atomic E-state index is 6.24. The summed E-state index contributed by atoms with van der Waals surface area (Å²) in [6.45, 7) is 3.41. The van der Waals surface area contributed by atoms with Crippen LogP contribution in [0.1, 0.15) is 29.7 Å². The van der Waals surface area contributed by atoms with Gasteiger partial charge in [0.25, 0.3) is 0 Å².